The van der Waals surface area contributed by atoms with Crippen LogP contribution >= 0.6 is 0 Å². The highest BCUT2D eigenvalue weighted by Crippen LogP contribution is 2.29. The van der Waals surface area contributed by atoms with Gasteiger partial charge in [-0.2, -0.15) is 0 Å². The molecule has 9 heteroatoms. The molecule has 35 heavy (non-hydrogen) atoms. The van der Waals surface area contributed by atoms with Crippen molar-refractivity contribution in [3.05, 3.63) is 59.7 Å². The van der Waals surface area contributed by atoms with Gasteiger partial charge in [0.15, 0.2) is 0 Å². The van der Waals surface area contributed by atoms with Gasteiger partial charge in [-0.05, 0) is 31.2 Å². The molecule has 2 heterocycles. The fourth-order valence-corrected chi connectivity index (χ4v) is 4.55. The van der Waals surface area contributed by atoms with Crippen LogP contribution in [-0.2, 0) is 9.53 Å². The summed E-state index contributed by atoms with van der Waals surface area (Å²) >= 11 is 0. The Balaban J connectivity index is 1.26. The number of anilines is 1. The molecule has 2 aliphatic rings. The predicted molar refractivity (Wildman–Crippen MR) is 131 cm³/mol. The predicted octanol–water partition coefficient (Wildman–Crippen LogP) is 0.962. The minimum Gasteiger partial charge on any atom is -0.495 e. The molecule has 0 radical (unpaired) electrons. The third-order valence-electron chi connectivity index (χ3n) is 6.67. The molecule has 3 N–H and O–H groups in total. The number of para-hydroxylation sites is 2. The quantitative estimate of drug-likeness (QED) is 0.538. The molecule has 0 saturated carbocycles. The average molecular weight is 484 g/mol. The monoisotopic (exact) mass is 483 g/mol. The number of methoxy groups -OCH3 is 1. The molecule has 4 atom stereocenters. The topological polar surface area (TPSA) is 112 Å². The second kappa shape index (κ2) is 11.1. The molecule has 0 bridgehead atoms. The van der Waals surface area contributed by atoms with E-state index in [0.717, 1.165) is 17.0 Å². The number of carbonyl (C=O) groups is 2. The Morgan fingerprint density at radius 3 is 2.34 bits per heavy atom. The van der Waals surface area contributed by atoms with E-state index in [-0.39, 0.29) is 24.8 Å². The SMILES string of the molecule is COc1ccccc1N1CCN(C(=O)CC2OC(CNC(=O)c3ccc(C)cc3)C(O)C2O)CC1. The molecule has 0 spiro atoms. The first-order chi connectivity index (χ1) is 16.9. The lowest BCUT2D eigenvalue weighted by molar-refractivity contribution is -0.135. The maximum atomic E-state index is 12.9. The Labute approximate surface area is 205 Å². The van der Waals surface area contributed by atoms with Crippen LogP contribution in [-0.4, -0.2) is 91.2 Å². The van der Waals surface area contributed by atoms with Crippen molar-refractivity contribution >= 4 is 17.5 Å². The van der Waals surface area contributed by atoms with Crippen LogP contribution in [0.3, 0.4) is 0 Å². The smallest absolute Gasteiger partial charge is 0.251 e. The van der Waals surface area contributed by atoms with E-state index in [1.807, 2.05) is 43.3 Å². The zero-order valence-electron chi connectivity index (χ0n) is 20.1. The van der Waals surface area contributed by atoms with Crippen LogP contribution in [0.1, 0.15) is 22.3 Å². The lowest BCUT2D eigenvalue weighted by atomic mass is 10.0. The molecular formula is C26H33N3O6. The van der Waals surface area contributed by atoms with Gasteiger partial charge < -0.3 is 34.8 Å². The largest absolute Gasteiger partial charge is 0.495 e. The first kappa shape index (κ1) is 25.0. The van der Waals surface area contributed by atoms with Crippen LogP contribution in [0.25, 0.3) is 0 Å². The standard InChI is InChI=1S/C26H33N3O6/c1-17-7-9-18(10-8-17)26(33)27-16-22-25(32)24(31)21(35-22)15-23(30)29-13-11-28(12-14-29)19-5-3-4-6-20(19)34-2/h3-10,21-22,24-25,31-32H,11-16H2,1-2H3,(H,27,33). The molecule has 2 amide bonds. The maximum absolute atomic E-state index is 12.9. The van der Waals surface area contributed by atoms with Gasteiger partial charge in [-0.1, -0.05) is 29.8 Å². The summed E-state index contributed by atoms with van der Waals surface area (Å²) in [5.41, 5.74) is 2.55. The van der Waals surface area contributed by atoms with Crippen LogP contribution in [0, 0.1) is 6.92 Å². The summed E-state index contributed by atoms with van der Waals surface area (Å²) in [5.74, 6) is 0.372. The van der Waals surface area contributed by atoms with Crippen molar-refractivity contribution in [1.29, 1.82) is 0 Å². The molecule has 2 aliphatic heterocycles. The number of amides is 2. The summed E-state index contributed by atoms with van der Waals surface area (Å²) in [6.45, 7) is 4.38. The van der Waals surface area contributed by atoms with E-state index in [1.54, 1.807) is 24.1 Å². The van der Waals surface area contributed by atoms with Gasteiger partial charge in [0.1, 0.15) is 24.1 Å². The van der Waals surface area contributed by atoms with E-state index in [9.17, 15) is 19.8 Å². The Morgan fingerprint density at radius 1 is 1.00 bits per heavy atom. The molecule has 0 aromatic heterocycles. The third kappa shape index (κ3) is 5.75. The van der Waals surface area contributed by atoms with Crippen LogP contribution in [0.4, 0.5) is 5.69 Å². The molecule has 2 fully saturated rings. The number of hydrogen-bond acceptors (Lipinski definition) is 7. The Hall–Kier alpha value is -3.14. The van der Waals surface area contributed by atoms with E-state index in [4.69, 9.17) is 9.47 Å². The fraction of sp³-hybridized carbons (Fsp3) is 0.462. The van der Waals surface area contributed by atoms with Crippen molar-refractivity contribution in [3.8, 4) is 5.75 Å². The number of benzene rings is 2. The van der Waals surface area contributed by atoms with Gasteiger partial charge in [0.25, 0.3) is 5.91 Å². The minimum atomic E-state index is -1.20. The van der Waals surface area contributed by atoms with Gasteiger partial charge in [-0.15, -0.1) is 0 Å². The Kier molecular flexibility index (Phi) is 7.90. The summed E-state index contributed by atoms with van der Waals surface area (Å²) in [6, 6.07) is 14.9. The number of aliphatic hydroxyl groups is 2. The summed E-state index contributed by atoms with van der Waals surface area (Å²) in [5, 5.41) is 23.6. The van der Waals surface area contributed by atoms with E-state index < -0.39 is 24.4 Å². The summed E-state index contributed by atoms with van der Waals surface area (Å²) in [6.07, 6.45) is -4.04. The van der Waals surface area contributed by atoms with Crippen LogP contribution in [0.15, 0.2) is 48.5 Å². The number of nitrogens with zero attached hydrogens (tertiary/aromatic N) is 2. The molecule has 0 aliphatic carbocycles. The van der Waals surface area contributed by atoms with Gasteiger partial charge in [0, 0.05) is 38.3 Å². The van der Waals surface area contributed by atoms with Crippen molar-refractivity contribution in [3.63, 3.8) is 0 Å². The number of ether oxygens (including phenoxy) is 2. The number of aliphatic hydroxyl groups excluding tert-OH is 2. The summed E-state index contributed by atoms with van der Waals surface area (Å²) in [4.78, 5) is 29.2. The highest BCUT2D eigenvalue weighted by atomic mass is 16.5. The summed E-state index contributed by atoms with van der Waals surface area (Å²) in [7, 11) is 1.64. The lowest BCUT2D eigenvalue weighted by Gasteiger charge is -2.37. The van der Waals surface area contributed by atoms with E-state index in [1.165, 1.54) is 0 Å². The highest BCUT2D eigenvalue weighted by molar-refractivity contribution is 5.94. The van der Waals surface area contributed by atoms with Crippen molar-refractivity contribution in [1.82, 2.24) is 10.2 Å². The normalized spacial score (nSPS) is 24.3. The molecule has 188 valence electrons. The van der Waals surface area contributed by atoms with Crippen LogP contribution < -0.4 is 15.0 Å². The molecule has 4 rings (SSSR count). The Morgan fingerprint density at radius 2 is 1.66 bits per heavy atom. The number of piperazine rings is 1. The Bertz CT molecular complexity index is 1020. The van der Waals surface area contributed by atoms with Gasteiger partial charge in [0.2, 0.25) is 5.91 Å². The number of aryl methyl sites for hydroxylation is 1. The maximum Gasteiger partial charge on any atom is 0.251 e. The van der Waals surface area contributed by atoms with E-state index in [0.29, 0.717) is 31.7 Å². The fourth-order valence-electron chi connectivity index (χ4n) is 4.55. The zero-order chi connectivity index (χ0) is 24.9. The molecule has 2 saturated heterocycles. The van der Waals surface area contributed by atoms with Crippen LogP contribution in [0.2, 0.25) is 0 Å². The van der Waals surface area contributed by atoms with Crippen molar-refractivity contribution in [2.45, 2.75) is 37.8 Å². The van der Waals surface area contributed by atoms with E-state index in [2.05, 4.69) is 10.2 Å². The van der Waals surface area contributed by atoms with Gasteiger partial charge in [-0.25, -0.2) is 0 Å². The summed E-state index contributed by atoms with van der Waals surface area (Å²) < 4.78 is 11.2. The average Bonchev–Trinajstić information content (AvgIpc) is 3.15. The van der Waals surface area contributed by atoms with E-state index >= 15 is 0 Å². The van der Waals surface area contributed by atoms with Crippen molar-refractivity contribution in [2.24, 2.45) is 0 Å². The molecular weight excluding hydrogens is 450 g/mol. The zero-order valence-corrected chi connectivity index (χ0v) is 20.1. The molecule has 9 nitrogen and oxygen atoms in total. The minimum absolute atomic E-state index is 0.0324. The number of carbonyl (C=O) groups excluding carboxylic acids is 2. The lowest BCUT2D eigenvalue weighted by Crippen LogP contribution is -2.50. The van der Waals surface area contributed by atoms with Gasteiger partial charge in [0.05, 0.1) is 25.3 Å². The number of rotatable bonds is 7. The van der Waals surface area contributed by atoms with Gasteiger partial charge >= 0.3 is 0 Å². The molecule has 2 aromatic rings. The highest BCUT2D eigenvalue weighted by Gasteiger charge is 2.44. The van der Waals surface area contributed by atoms with Crippen molar-refractivity contribution in [2.75, 3.05) is 44.7 Å². The van der Waals surface area contributed by atoms with Crippen LogP contribution in [0.5, 0.6) is 5.75 Å². The number of hydrogen-bond donors (Lipinski definition) is 3. The molecule has 2 aromatic carbocycles. The second-order valence-electron chi connectivity index (χ2n) is 9.01. The first-order valence-corrected chi connectivity index (χ1v) is 11.9. The van der Waals surface area contributed by atoms with Gasteiger partial charge in [-0.3, -0.25) is 9.59 Å². The first-order valence-electron chi connectivity index (χ1n) is 11.9. The molecule has 4 unspecified atom stereocenters. The third-order valence-corrected chi connectivity index (χ3v) is 6.67. The van der Waals surface area contributed by atoms with Crippen molar-refractivity contribution < 1.29 is 29.3 Å². The number of nitrogens with one attached hydrogen (secondary N) is 1. The second-order valence-corrected chi connectivity index (χ2v) is 9.01.